The highest BCUT2D eigenvalue weighted by Crippen LogP contribution is 2.28. The molecular formula is C14H18N4OS2. The van der Waals surface area contributed by atoms with Gasteiger partial charge in [-0.25, -0.2) is 4.98 Å². The second kappa shape index (κ2) is 6.82. The third kappa shape index (κ3) is 3.68. The van der Waals surface area contributed by atoms with Gasteiger partial charge in [-0.15, -0.1) is 11.8 Å². The lowest BCUT2D eigenvalue weighted by molar-refractivity contribution is 0.103. The number of anilines is 3. The number of nitrogens with zero attached hydrogens (tertiary/aromatic N) is 2. The van der Waals surface area contributed by atoms with Crippen LogP contribution in [-0.2, 0) is 0 Å². The summed E-state index contributed by atoms with van der Waals surface area (Å²) in [6, 6.07) is 7.68. The predicted octanol–water partition coefficient (Wildman–Crippen LogP) is 3.16. The summed E-state index contributed by atoms with van der Waals surface area (Å²) in [5.74, 6) is 0.0474. The van der Waals surface area contributed by atoms with Crippen molar-refractivity contribution < 1.29 is 4.79 Å². The summed E-state index contributed by atoms with van der Waals surface area (Å²) in [6.07, 6.45) is 2.01. The molecule has 5 nitrogen and oxygen atoms in total. The maximum absolute atomic E-state index is 12.3. The Labute approximate surface area is 132 Å². The Morgan fingerprint density at radius 3 is 2.67 bits per heavy atom. The smallest absolute Gasteiger partial charge is 0.269 e. The number of benzene rings is 1. The standard InChI is InChI=1S/C14H18N4OS2/c1-4-18(2)14-17-12(15)11(21-14)13(19)16-9-5-7-10(20-3)8-6-9/h5-8H,4,15H2,1-3H3,(H,16,19). The fourth-order valence-corrected chi connectivity index (χ4v) is 2.96. The van der Waals surface area contributed by atoms with E-state index < -0.39 is 0 Å². The number of hydrogen-bond acceptors (Lipinski definition) is 6. The van der Waals surface area contributed by atoms with E-state index >= 15 is 0 Å². The molecule has 0 atom stereocenters. The molecule has 0 radical (unpaired) electrons. The minimum atomic E-state index is -0.224. The maximum Gasteiger partial charge on any atom is 0.269 e. The molecule has 0 unspecified atom stereocenters. The van der Waals surface area contributed by atoms with Crippen LogP contribution in [0.1, 0.15) is 16.6 Å². The lowest BCUT2D eigenvalue weighted by Crippen LogP contribution is -2.15. The minimum absolute atomic E-state index is 0.224. The van der Waals surface area contributed by atoms with Gasteiger partial charge in [0, 0.05) is 24.2 Å². The number of hydrogen-bond donors (Lipinski definition) is 2. The Balaban J connectivity index is 2.14. The van der Waals surface area contributed by atoms with E-state index in [0.29, 0.717) is 4.88 Å². The van der Waals surface area contributed by atoms with Crippen molar-refractivity contribution in [2.24, 2.45) is 0 Å². The fraction of sp³-hybridized carbons (Fsp3) is 0.286. The molecule has 1 aromatic heterocycles. The summed E-state index contributed by atoms with van der Waals surface area (Å²) < 4.78 is 0. The van der Waals surface area contributed by atoms with Crippen LogP contribution in [0.2, 0.25) is 0 Å². The predicted molar refractivity (Wildman–Crippen MR) is 91.6 cm³/mol. The highest BCUT2D eigenvalue weighted by atomic mass is 32.2. The second-order valence-corrected chi connectivity index (χ2v) is 6.26. The average Bonchev–Trinajstić information content (AvgIpc) is 2.89. The number of nitrogen functional groups attached to an aromatic ring is 1. The van der Waals surface area contributed by atoms with E-state index in [-0.39, 0.29) is 11.7 Å². The zero-order valence-electron chi connectivity index (χ0n) is 12.2. The van der Waals surface area contributed by atoms with Crippen molar-refractivity contribution in [3.63, 3.8) is 0 Å². The van der Waals surface area contributed by atoms with Crippen LogP contribution in [0.15, 0.2) is 29.2 Å². The molecule has 0 fully saturated rings. The Morgan fingerprint density at radius 2 is 2.10 bits per heavy atom. The molecule has 112 valence electrons. The van der Waals surface area contributed by atoms with Crippen molar-refractivity contribution in [1.82, 2.24) is 4.98 Å². The summed E-state index contributed by atoms with van der Waals surface area (Å²) in [6.45, 7) is 2.83. The van der Waals surface area contributed by atoms with E-state index in [9.17, 15) is 4.79 Å². The van der Waals surface area contributed by atoms with E-state index in [4.69, 9.17) is 5.73 Å². The first-order chi connectivity index (χ1) is 10.0. The number of aromatic nitrogens is 1. The van der Waals surface area contributed by atoms with Gasteiger partial charge in [-0.1, -0.05) is 11.3 Å². The summed E-state index contributed by atoms with van der Waals surface area (Å²) in [5, 5.41) is 3.59. The van der Waals surface area contributed by atoms with Crippen LogP contribution in [0.25, 0.3) is 0 Å². The molecule has 0 saturated heterocycles. The number of nitrogens with two attached hydrogens (primary N) is 1. The molecule has 3 N–H and O–H groups in total. The van der Waals surface area contributed by atoms with Crippen LogP contribution >= 0.6 is 23.1 Å². The summed E-state index contributed by atoms with van der Waals surface area (Å²) in [5.41, 5.74) is 6.59. The quantitative estimate of drug-likeness (QED) is 0.827. The van der Waals surface area contributed by atoms with Crippen LogP contribution in [0.4, 0.5) is 16.6 Å². The van der Waals surface area contributed by atoms with Crippen molar-refractivity contribution in [1.29, 1.82) is 0 Å². The number of carbonyl (C=O) groups excluding carboxylic acids is 1. The number of thiazole rings is 1. The molecule has 1 aromatic carbocycles. The van der Waals surface area contributed by atoms with Gasteiger partial charge in [0.1, 0.15) is 10.7 Å². The van der Waals surface area contributed by atoms with Gasteiger partial charge >= 0.3 is 0 Å². The molecule has 0 aliphatic rings. The highest BCUT2D eigenvalue weighted by Gasteiger charge is 2.17. The van der Waals surface area contributed by atoms with Crippen LogP contribution in [0.5, 0.6) is 0 Å². The van der Waals surface area contributed by atoms with Gasteiger partial charge in [0.2, 0.25) is 0 Å². The topological polar surface area (TPSA) is 71.2 Å². The summed E-state index contributed by atoms with van der Waals surface area (Å²) >= 11 is 2.96. The largest absolute Gasteiger partial charge is 0.382 e. The van der Waals surface area contributed by atoms with Crippen LogP contribution in [0, 0.1) is 0 Å². The molecule has 1 amide bonds. The molecule has 0 saturated carbocycles. The lowest BCUT2D eigenvalue weighted by Gasteiger charge is -2.10. The van der Waals surface area contributed by atoms with Crippen LogP contribution < -0.4 is 16.0 Å². The molecular weight excluding hydrogens is 304 g/mol. The molecule has 0 aliphatic heterocycles. The zero-order valence-corrected chi connectivity index (χ0v) is 13.8. The Kier molecular flexibility index (Phi) is 5.08. The Bertz CT molecular complexity index is 624. The maximum atomic E-state index is 12.3. The van der Waals surface area contributed by atoms with E-state index in [1.807, 2.05) is 49.4 Å². The van der Waals surface area contributed by atoms with Gasteiger partial charge < -0.3 is 16.0 Å². The van der Waals surface area contributed by atoms with E-state index in [2.05, 4.69) is 10.3 Å². The number of nitrogens with one attached hydrogen (secondary N) is 1. The van der Waals surface area contributed by atoms with E-state index in [0.717, 1.165) is 22.3 Å². The van der Waals surface area contributed by atoms with Crippen molar-refractivity contribution in [3.05, 3.63) is 29.1 Å². The van der Waals surface area contributed by atoms with Crippen LogP contribution in [-0.4, -0.2) is 30.7 Å². The molecule has 0 bridgehead atoms. The van der Waals surface area contributed by atoms with Gasteiger partial charge in [-0.05, 0) is 37.4 Å². The first kappa shape index (κ1) is 15.7. The van der Waals surface area contributed by atoms with Crippen molar-refractivity contribution >= 4 is 45.6 Å². The molecule has 21 heavy (non-hydrogen) atoms. The van der Waals surface area contributed by atoms with Gasteiger partial charge in [0.05, 0.1) is 0 Å². The normalized spacial score (nSPS) is 10.4. The fourth-order valence-electron chi connectivity index (χ4n) is 1.64. The summed E-state index contributed by atoms with van der Waals surface area (Å²) in [7, 11) is 1.92. The average molecular weight is 322 g/mol. The number of rotatable bonds is 5. The third-order valence-corrected chi connectivity index (χ3v) is 4.92. The summed E-state index contributed by atoms with van der Waals surface area (Å²) in [4.78, 5) is 20.0. The molecule has 2 rings (SSSR count). The third-order valence-electron chi connectivity index (χ3n) is 3.00. The van der Waals surface area contributed by atoms with E-state index in [1.165, 1.54) is 11.3 Å². The van der Waals surface area contributed by atoms with Gasteiger partial charge in [0.25, 0.3) is 5.91 Å². The van der Waals surface area contributed by atoms with Crippen molar-refractivity contribution in [2.75, 3.05) is 35.8 Å². The van der Waals surface area contributed by atoms with Crippen molar-refractivity contribution in [3.8, 4) is 0 Å². The molecule has 7 heteroatoms. The number of thioether (sulfide) groups is 1. The van der Waals surface area contributed by atoms with E-state index in [1.54, 1.807) is 11.8 Å². The van der Waals surface area contributed by atoms with Crippen molar-refractivity contribution in [2.45, 2.75) is 11.8 Å². The van der Waals surface area contributed by atoms with Crippen LogP contribution in [0.3, 0.4) is 0 Å². The number of carbonyl (C=O) groups is 1. The Morgan fingerprint density at radius 1 is 1.43 bits per heavy atom. The Hall–Kier alpha value is -1.73. The number of amides is 1. The van der Waals surface area contributed by atoms with Gasteiger partial charge in [0.15, 0.2) is 5.13 Å². The first-order valence-corrected chi connectivity index (χ1v) is 8.52. The first-order valence-electron chi connectivity index (χ1n) is 6.48. The zero-order chi connectivity index (χ0) is 15.4. The molecule has 0 aliphatic carbocycles. The second-order valence-electron chi connectivity index (χ2n) is 4.41. The minimum Gasteiger partial charge on any atom is -0.382 e. The molecule has 2 aromatic rings. The van der Waals surface area contributed by atoms with Gasteiger partial charge in [-0.2, -0.15) is 0 Å². The van der Waals surface area contributed by atoms with Gasteiger partial charge in [-0.3, -0.25) is 4.79 Å². The highest BCUT2D eigenvalue weighted by molar-refractivity contribution is 7.98. The molecule has 0 spiro atoms. The monoisotopic (exact) mass is 322 g/mol. The SMILES string of the molecule is CCN(C)c1nc(N)c(C(=O)Nc2ccc(SC)cc2)s1. The lowest BCUT2D eigenvalue weighted by atomic mass is 10.3. The molecule has 1 heterocycles.